The lowest BCUT2D eigenvalue weighted by Crippen LogP contribution is -2.45. The van der Waals surface area contributed by atoms with Gasteiger partial charge in [-0.25, -0.2) is 0 Å². The third-order valence-electron chi connectivity index (χ3n) is 15.8. The third kappa shape index (κ3) is 62.8. The van der Waals surface area contributed by atoms with E-state index in [9.17, 15) is 19.8 Å². The lowest BCUT2D eigenvalue weighted by molar-refractivity contribution is -0.143. The summed E-state index contributed by atoms with van der Waals surface area (Å²) in [6, 6.07) is -0.629. The Morgan fingerprint density at radius 3 is 0.987 bits per heavy atom. The maximum absolute atomic E-state index is 12.5. The quantitative estimate of drug-likeness (QED) is 0.0320. The minimum absolute atomic E-state index is 0.00409. The highest BCUT2D eigenvalue weighted by molar-refractivity contribution is 5.76. The smallest absolute Gasteiger partial charge is 0.305 e. The molecule has 456 valence electrons. The Kier molecular flexibility index (Phi) is 65.0. The number of esters is 1. The molecule has 6 nitrogen and oxygen atoms in total. The number of rotatable bonds is 64. The molecular weight excluding hydrogens is 959 g/mol. The summed E-state index contributed by atoms with van der Waals surface area (Å²) >= 11 is 0. The molecule has 6 heteroatoms. The van der Waals surface area contributed by atoms with Crippen LogP contribution >= 0.6 is 0 Å². The number of carbonyl (C=O) groups is 2. The van der Waals surface area contributed by atoms with Crippen LogP contribution in [-0.2, 0) is 14.3 Å². The SMILES string of the molecule is CCCCCC/C=C\C/C=C\CCCCCCCCCC(=O)OCCCCCCCCCCC/C=C\C/C=C\CCCCCCCCCCCCCCCC(=O)NC(CO)C(O)/C=C/CCCCCCCCCCCCCC. The van der Waals surface area contributed by atoms with Gasteiger partial charge < -0.3 is 20.3 Å². The van der Waals surface area contributed by atoms with E-state index in [-0.39, 0.29) is 18.5 Å². The summed E-state index contributed by atoms with van der Waals surface area (Å²) in [5.74, 6) is -0.0643. The van der Waals surface area contributed by atoms with Gasteiger partial charge in [0.25, 0.3) is 0 Å². The normalized spacial score (nSPS) is 12.9. The van der Waals surface area contributed by atoms with Gasteiger partial charge in [0, 0.05) is 12.8 Å². The number of carbonyl (C=O) groups excluding carboxylic acids is 2. The first-order chi connectivity index (χ1) is 38.5. The van der Waals surface area contributed by atoms with Crippen LogP contribution in [0.15, 0.2) is 60.8 Å². The Morgan fingerprint density at radius 2 is 0.641 bits per heavy atom. The topological polar surface area (TPSA) is 95.9 Å². The molecule has 2 unspecified atom stereocenters. The van der Waals surface area contributed by atoms with Crippen molar-refractivity contribution in [2.24, 2.45) is 0 Å². The maximum atomic E-state index is 12.5. The fourth-order valence-electron chi connectivity index (χ4n) is 10.5. The van der Waals surface area contributed by atoms with Crippen molar-refractivity contribution >= 4 is 11.9 Å². The van der Waals surface area contributed by atoms with Crippen molar-refractivity contribution in [1.29, 1.82) is 0 Å². The Hall–Kier alpha value is -2.44. The predicted molar refractivity (Wildman–Crippen MR) is 342 cm³/mol. The standard InChI is InChI=1S/C72H133NO5/c1-3-5-7-9-11-13-15-17-19-20-35-38-42-46-50-54-58-62-66-72(77)78-67-63-59-55-51-47-43-39-36-33-31-29-27-25-23-21-22-24-26-28-30-32-34-37-41-45-49-53-57-61-65-71(76)73-69(68-74)70(75)64-60-56-52-48-44-40-18-16-14-12-10-8-6-4-2/h13,15,19-21,23,27,29,60,64,69-70,74-75H,3-12,14,16-18,22,24-26,28,30-59,61-63,65-68H2,1-2H3,(H,73,76)/b15-13-,20-19-,23-21-,29-27-,64-60+. The molecular formula is C72H133NO5. The minimum Gasteiger partial charge on any atom is -0.466 e. The molecule has 0 saturated heterocycles. The lowest BCUT2D eigenvalue weighted by atomic mass is 10.0. The monoisotopic (exact) mass is 1090 g/mol. The highest BCUT2D eigenvalue weighted by atomic mass is 16.5. The molecule has 0 aliphatic rings. The van der Waals surface area contributed by atoms with Crippen molar-refractivity contribution in [2.75, 3.05) is 13.2 Å². The van der Waals surface area contributed by atoms with Gasteiger partial charge in [-0.15, -0.1) is 0 Å². The van der Waals surface area contributed by atoms with Crippen LogP contribution in [0.3, 0.4) is 0 Å². The first-order valence-corrected chi connectivity index (χ1v) is 34.6. The predicted octanol–water partition coefficient (Wildman–Crippen LogP) is 22.3. The number of aliphatic hydroxyl groups is 2. The van der Waals surface area contributed by atoms with E-state index in [1.54, 1.807) is 6.08 Å². The second kappa shape index (κ2) is 67.1. The summed E-state index contributed by atoms with van der Waals surface area (Å²) in [6.45, 7) is 4.89. The first-order valence-electron chi connectivity index (χ1n) is 34.6. The highest BCUT2D eigenvalue weighted by Gasteiger charge is 2.18. The van der Waals surface area contributed by atoms with Gasteiger partial charge in [-0.2, -0.15) is 0 Å². The molecule has 0 aromatic heterocycles. The average Bonchev–Trinajstić information content (AvgIpc) is 3.44. The summed E-state index contributed by atoms with van der Waals surface area (Å²) in [6.07, 6.45) is 88.6. The zero-order valence-electron chi connectivity index (χ0n) is 52.1. The molecule has 0 aliphatic heterocycles. The number of amides is 1. The van der Waals surface area contributed by atoms with E-state index >= 15 is 0 Å². The van der Waals surface area contributed by atoms with Crippen LogP contribution in [0.2, 0.25) is 0 Å². The van der Waals surface area contributed by atoms with Gasteiger partial charge in [-0.1, -0.05) is 312 Å². The number of hydrogen-bond donors (Lipinski definition) is 3. The summed E-state index contributed by atoms with van der Waals surface area (Å²) in [7, 11) is 0. The zero-order valence-corrected chi connectivity index (χ0v) is 52.1. The summed E-state index contributed by atoms with van der Waals surface area (Å²) in [4.78, 5) is 24.6. The molecule has 0 rings (SSSR count). The van der Waals surface area contributed by atoms with E-state index in [2.05, 4.69) is 67.8 Å². The van der Waals surface area contributed by atoms with E-state index in [0.29, 0.717) is 19.4 Å². The summed E-state index contributed by atoms with van der Waals surface area (Å²) in [5.41, 5.74) is 0. The van der Waals surface area contributed by atoms with Crippen molar-refractivity contribution in [2.45, 2.75) is 373 Å². The van der Waals surface area contributed by atoms with Crippen LogP contribution < -0.4 is 5.32 Å². The number of allylic oxidation sites excluding steroid dienone is 9. The first kappa shape index (κ1) is 75.6. The molecule has 0 aromatic rings. The fourth-order valence-corrected chi connectivity index (χ4v) is 10.5. The molecule has 1 amide bonds. The Bertz CT molecular complexity index is 1350. The van der Waals surface area contributed by atoms with Crippen LogP contribution in [0, 0.1) is 0 Å². The van der Waals surface area contributed by atoms with E-state index in [1.807, 2.05) is 6.08 Å². The van der Waals surface area contributed by atoms with Crippen LogP contribution in [0.25, 0.3) is 0 Å². The van der Waals surface area contributed by atoms with Crippen molar-refractivity contribution in [3.63, 3.8) is 0 Å². The molecule has 0 aromatic carbocycles. The van der Waals surface area contributed by atoms with Crippen molar-refractivity contribution in [3.8, 4) is 0 Å². The molecule has 0 saturated carbocycles. The van der Waals surface area contributed by atoms with Gasteiger partial charge in [0.1, 0.15) is 0 Å². The molecule has 78 heavy (non-hydrogen) atoms. The molecule has 0 radical (unpaired) electrons. The second-order valence-electron chi connectivity index (χ2n) is 23.5. The molecule has 0 spiro atoms. The highest BCUT2D eigenvalue weighted by Crippen LogP contribution is 2.17. The van der Waals surface area contributed by atoms with E-state index < -0.39 is 12.1 Å². The van der Waals surface area contributed by atoms with Gasteiger partial charge in [0.2, 0.25) is 5.91 Å². The Morgan fingerprint density at radius 1 is 0.359 bits per heavy atom. The van der Waals surface area contributed by atoms with Gasteiger partial charge in [0.15, 0.2) is 0 Å². The molecule has 2 atom stereocenters. The molecule has 0 aliphatic carbocycles. The number of ether oxygens (including phenoxy) is 1. The number of hydrogen-bond acceptors (Lipinski definition) is 5. The third-order valence-corrected chi connectivity index (χ3v) is 15.8. The van der Waals surface area contributed by atoms with E-state index in [1.165, 1.54) is 276 Å². The van der Waals surface area contributed by atoms with Crippen LogP contribution in [-0.4, -0.2) is 47.4 Å². The van der Waals surface area contributed by atoms with Gasteiger partial charge in [-0.05, 0) is 96.3 Å². The van der Waals surface area contributed by atoms with Crippen molar-refractivity contribution in [1.82, 2.24) is 5.32 Å². The maximum Gasteiger partial charge on any atom is 0.305 e. The summed E-state index contributed by atoms with van der Waals surface area (Å²) < 4.78 is 5.49. The number of unbranched alkanes of at least 4 members (excludes halogenated alkanes) is 45. The minimum atomic E-state index is -0.846. The molecule has 0 heterocycles. The lowest BCUT2D eigenvalue weighted by Gasteiger charge is -2.20. The van der Waals surface area contributed by atoms with Crippen molar-refractivity contribution in [3.05, 3.63) is 60.8 Å². The van der Waals surface area contributed by atoms with Crippen molar-refractivity contribution < 1.29 is 24.5 Å². The zero-order chi connectivity index (χ0) is 56.4. The Balaban J connectivity index is 3.42. The molecule has 0 fully saturated rings. The van der Waals surface area contributed by atoms with Crippen LogP contribution in [0.1, 0.15) is 361 Å². The molecule has 3 N–H and O–H groups in total. The van der Waals surface area contributed by atoms with Gasteiger partial charge in [-0.3, -0.25) is 9.59 Å². The van der Waals surface area contributed by atoms with Crippen LogP contribution in [0.4, 0.5) is 0 Å². The average molecular weight is 1090 g/mol. The molecule has 0 bridgehead atoms. The second-order valence-corrected chi connectivity index (χ2v) is 23.5. The van der Waals surface area contributed by atoms with Gasteiger partial charge in [0.05, 0.1) is 25.4 Å². The summed E-state index contributed by atoms with van der Waals surface area (Å²) in [5, 5.41) is 23.1. The fraction of sp³-hybridized carbons (Fsp3) is 0.833. The van der Waals surface area contributed by atoms with Gasteiger partial charge >= 0.3 is 5.97 Å². The van der Waals surface area contributed by atoms with E-state index in [4.69, 9.17) is 4.74 Å². The number of aliphatic hydroxyl groups excluding tert-OH is 2. The number of nitrogens with one attached hydrogen (secondary N) is 1. The largest absolute Gasteiger partial charge is 0.466 e. The van der Waals surface area contributed by atoms with E-state index in [0.717, 1.165) is 57.8 Å². The van der Waals surface area contributed by atoms with Crippen LogP contribution in [0.5, 0.6) is 0 Å². The Labute approximate surface area is 486 Å².